The van der Waals surface area contributed by atoms with E-state index in [4.69, 9.17) is 16.3 Å². The van der Waals surface area contributed by atoms with Crippen molar-refractivity contribution in [3.63, 3.8) is 0 Å². The van der Waals surface area contributed by atoms with Gasteiger partial charge < -0.3 is 10.1 Å². The summed E-state index contributed by atoms with van der Waals surface area (Å²) in [6.07, 6.45) is 6.69. The Morgan fingerprint density at radius 3 is 2.50 bits per heavy atom. The Labute approximate surface area is 207 Å². The average Bonchev–Trinajstić information content (AvgIpc) is 2.87. The summed E-state index contributed by atoms with van der Waals surface area (Å²) in [5.74, 6) is 0.382. The highest BCUT2D eigenvalue weighted by molar-refractivity contribution is 6.29. The van der Waals surface area contributed by atoms with E-state index in [1.165, 1.54) is 25.3 Å². The van der Waals surface area contributed by atoms with E-state index >= 15 is 0 Å². The fourth-order valence-corrected chi connectivity index (χ4v) is 4.51. The van der Waals surface area contributed by atoms with E-state index in [1.807, 2.05) is 44.2 Å². The number of carbonyl (C=O) groups excluding carboxylic acids is 1. The Morgan fingerprint density at radius 2 is 1.88 bits per heavy atom. The van der Waals surface area contributed by atoms with E-state index in [0.717, 1.165) is 30.9 Å². The first-order valence-corrected chi connectivity index (χ1v) is 12.4. The Bertz CT molecular complexity index is 1020. The molecule has 1 aromatic carbocycles. The molecule has 2 heterocycles. The molecule has 0 bridgehead atoms. The summed E-state index contributed by atoms with van der Waals surface area (Å²) < 4.78 is 5.96. The van der Waals surface area contributed by atoms with Crippen LogP contribution in [0.5, 0.6) is 5.75 Å². The first-order valence-electron chi connectivity index (χ1n) is 12.0. The molecule has 0 spiro atoms. The van der Waals surface area contributed by atoms with E-state index in [9.17, 15) is 10.1 Å². The van der Waals surface area contributed by atoms with E-state index in [2.05, 4.69) is 15.2 Å². The van der Waals surface area contributed by atoms with Gasteiger partial charge in [-0.1, -0.05) is 50.1 Å². The monoisotopic (exact) mass is 480 g/mol. The lowest BCUT2D eigenvalue weighted by atomic mass is 9.84. The van der Waals surface area contributed by atoms with Crippen LogP contribution in [0.2, 0.25) is 5.15 Å². The van der Waals surface area contributed by atoms with E-state index < -0.39 is 11.4 Å². The van der Waals surface area contributed by atoms with Gasteiger partial charge in [-0.25, -0.2) is 4.98 Å². The third-order valence-electron chi connectivity index (χ3n) is 6.49. The number of hydrogen-bond acceptors (Lipinski definition) is 5. The van der Waals surface area contributed by atoms with E-state index in [-0.39, 0.29) is 5.57 Å². The summed E-state index contributed by atoms with van der Waals surface area (Å²) in [7, 11) is 0. The summed E-state index contributed by atoms with van der Waals surface area (Å²) in [5, 5.41) is 13.0. The van der Waals surface area contributed by atoms with Crippen LogP contribution in [0.3, 0.4) is 0 Å². The van der Waals surface area contributed by atoms with Gasteiger partial charge in [0.15, 0.2) is 0 Å². The number of nitrogens with zero attached hydrogens (tertiary/aromatic N) is 3. The molecule has 0 unspecified atom stereocenters. The number of halogens is 1. The predicted molar refractivity (Wildman–Crippen MR) is 135 cm³/mol. The second-order valence-corrected chi connectivity index (χ2v) is 8.96. The number of benzene rings is 1. The quantitative estimate of drug-likeness (QED) is 0.282. The van der Waals surface area contributed by atoms with Crippen molar-refractivity contribution in [2.24, 2.45) is 0 Å². The van der Waals surface area contributed by atoms with Gasteiger partial charge in [0.1, 0.15) is 29.2 Å². The van der Waals surface area contributed by atoms with Crippen LogP contribution in [0.25, 0.3) is 6.08 Å². The van der Waals surface area contributed by atoms with Crippen LogP contribution in [0, 0.1) is 11.3 Å². The molecule has 2 aromatic rings. The van der Waals surface area contributed by atoms with Gasteiger partial charge in [0, 0.05) is 6.54 Å². The molecule has 1 aliphatic heterocycles. The van der Waals surface area contributed by atoms with E-state index in [1.54, 1.807) is 18.2 Å². The van der Waals surface area contributed by atoms with E-state index in [0.29, 0.717) is 30.3 Å². The summed E-state index contributed by atoms with van der Waals surface area (Å²) in [6.45, 7) is 7.98. The summed E-state index contributed by atoms with van der Waals surface area (Å²) in [4.78, 5) is 19.6. The smallest absolute Gasteiger partial charge is 0.262 e. The number of nitriles is 1. The van der Waals surface area contributed by atoms with Crippen LogP contribution in [0.15, 0.2) is 48.0 Å². The van der Waals surface area contributed by atoms with Crippen LogP contribution >= 0.6 is 11.6 Å². The third kappa shape index (κ3) is 6.82. The van der Waals surface area contributed by atoms with Crippen LogP contribution < -0.4 is 10.1 Å². The first kappa shape index (κ1) is 25.7. The number of ether oxygens (including phenoxy) is 1. The summed E-state index contributed by atoms with van der Waals surface area (Å²) >= 11 is 5.93. The molecule has 0 aliphatic carbocycles. The fourth-order valence-electron chi connectivity index (χ4n) is 4.34. The largest absolute Gasteiger partial charge is 0.492 e. The highest BCUT2D eigenvalue weighted by Crippen LogP contribution is 2.30. The molecule has 1 saturated heterocycles. The number of piperidine rings is 1. The lowest BCUT2D eigenvalue weighted by molar-refractivity contribution is -0.119. The van der Waals surface area contributed by atoms with Gasteiger partial charge in [-0.15, -0.1) is 0 Å². The minimum atomic E-state index is -0.596. The van der Waals surface area contributed by atoms with Crippen LogP contribution in [-0.4, -0.2) is 42.0 Å². The molecule has 1 aromatic heterocycles. The van der Waals surface area contributed by atoms with Gasteiger partial charge in [-0.2, -0.15) is 5.26 Å². The zero-order valence-corrected chi connectivity index (χ0v) is 20.8. The maximum Gasteiger partial charge on any atom is 0.262 e. The van der Waals surface area contributed by atoms with Crippen molar-refractivity contribution in [1.82, 2.24) is 15.2 Å². The molecule has 180 valence electrons. The van der Waals surface area contributed by atoms with Gasteiger partial charge in [0.2, 0.25) is 0 Å². The first-order chi connectivity index (χ1) is 16.5. The molecule has 1 N–H and O–H groups in total. The molecule has 0 atom stereocenters. The van der Waals surface area contributed by atoms with Crippen molar-refractivity contribution in [1.29, 1.82) is 5.26 Å². The zero-order valence-electron chi connectivity index (χ0n) is 20.0. The van der Waals surface area contributed by atoms with Gasteiger partial charge >= 0.3 is 0 Å². The third-order valence-corrected chi connectivity index (χ3v) is 6.70. The second kappa shape index (κ2) is 12.5. The second-order valence-electron chi connectivity index (χ2n) is 8.57. The SMILES string of the molecule is CCC(CC)(NC(=O)/C(C#N)=C/c1cccc(Cl)n1)c1ccc(OCCN2CCCCC2)cc1. The molecular formula is C27H33ClN4O2. The predicted octanol–water partition coefficient (Wildman–Crippen LogP) is 5.34. The Morgan fingerprint density at radius 1 is 1.18 bits per heavy atom. The average molecular weight is 481 g/mol. The molecule has 1 fully saturated rings. The molecule has 1 amide bonds. The van der Waals surface area contributed by atoms with Crippen molar-refractivity contribution < 1.29 is 9.53 Å². The normalized spacial score (nSPS) is 14.9. The van der Waals surface area contributed by atoms with Crippen molar-refractivity contribution >= 4 is 23.6 Å². The molecule has 3 rings (SSSR count). The molecule has 1 aliphatic rings. The number of aromatic nitrogens is 1. The van der Waals surface area contributed by atoms with Crippen LogP contribution in [0.1, 0.15) is 57.2 Å². The van der Waals surface area contributed by atoms with Crippen molar-refractivity contribution in [3.8, 4) is 11.8 Å². The molecule has 7 heteroatoms. The maximum absolute atomic E-state index is 13.0. The number of rotatable bonds is 10. The highest BCUT2D eigenvalue weighted by atomic mass is 35.5. The minimum absolute atomic E-state index is 0.0151. The Hall–Kier alpha value is -2.88. The summed E-state index contributed by atoms with van der Waals surface area (Å²) in [6, 6.07) is 15.0. The maximum atomic E-state index is 13.0. The van der Waals surface area contributed by atoms with Gasteiger partial charge in [-0.3, -0.25) is 9.69 Å². The number of hydrogen-bond donors (Lipinski definition) is 1. The number of nitrogens with one attached hydrogen (secondary N) is 1. The number of carbonyl (C=O) groups is 1. The molecule has 0 saturated carbocycles. The standard InChI is InChI=1S/C27H33ClN4O2/c1-3-27(4-2,31-26(33)21(20-29)19-23-9-8-10-25(28)30-23)22-11-13-24(14-12-22)34-18-17-32-15-6-5-7-16-32/h8-14,19H,3-7,15-18H2,1-2H3,(H,31,33)/b21-19+. The molecule has 0 radical (unpaired) electrons. The van der Waals surface area contributed by atoms with Crippen molar-refractivity contribution in [3.05, 3.63) is 64.4 Å². The lowest BCUT2D eigenvalue weighted by Crippen LogP contribution is -2.45. The summed E-state index contributed by atoms with van der Waals surface area (Å²) in [5.41, 5.74) is 0.830. The van der Waals surface area contributed by atoms with Gasteiger partial charge in [-0.05, 0) is 74.7 Å². The van der Waals surface area contributed by atoms with Crippen LogP contribution in [-0.2, 0) is 10.3 Å². The van der Waals surface area contributed by atoms with Gasteiger partial charge in [0.05, 0.1) is 11.2 Å². The Kier molecular flexibility index (Phi) is 9.50. The fraction of sp³-hybridized carbons (Fsp3) is 0.444. The number of pyridine rings is 1. The zero-order chi connectivity index (χ0) is 24.4. The highest BCUT2D eigenvalue weighted by Gasteiger charge is 2.31. The van der Waals surface area contributed by atoms with Gasteiger partial charge in [0.25, 0.3) is 5.91 Å². The van der Waals surface area contributed by atoms with Crippen molar-refractivity contribution in [2.45, 2.75) is 51.5 Å². The number of likely N-dealkylation sites (tertiary alicyclic amines) is 1. The lowest BCUT2D eigenvalue weighted by Gasteiger charge is -2.33. The topological polar surface area (TPSA) is 78.2 Å². The van der Waals surface area contributed by atoms with Crippen molar-refractivity contribution in [2.75, 3.05) is 26.2 Å². The molecular weight excluding hydrogens is 448 g/mol. The number of amides is 1. The minimum Gasteiger partial charge on any atom is -0.492 e. The Balaban J connectivity index is 1.68. The molecule has 34 heavy (non-hydrogen) atoms. The van der Waals surface area contributed by atoms with Crippen LogP contribution in [0.4, 0.5) is 0 Å². The molecule has 6 nitrogen and oxygen atoms in total.